The van der Waals surface area contributed by atoms with Crippen molar-refractivity contribution in [2.45, 2.75) is 4.90 Å². The summed E-state index contributed by atoms with van der Waals surface area (Å²) in [7, 11) is 3.42. The maximum atomic E-state index is 11.4. The third kappa shape index (κ3) is 3.19. The summed E-state index contributed by atoms with van der Waals surface area (Å²) in [6, 6.07) is 5.43. The minimum atomic E-state index is -0.0370. The highest BCUT2D eigenvalue weighted by atomic mass is 79.9. The monoisotopic (exact) mass is 293 g/mol. The summed E-state index contributed by atoms with van der Waals surface area (Å²) in [5.41, 5.74) is 0. The average Bonchev–Trinajstić information content (AvgIpc) is 2.11. The van der Waals surface area contributed by atoms with Crippen LogP contribution in [0.5, 0.6) is 0 Å². The largest absolute Gasteiger partial charge is 0.339 e. The van der Waals surface area contributed by atoms with Gasteiger partial charge in [-0.1, -0.05) is 27.5 Å². The second kappa shape index (κ2) is 5.05. The number of hydrogen-bond acceptors (Lipinski definition) is 2. The zero-order chi connectivity index (χ0) is 10.7. The zero-order valence-corrected chi connectivity index (χ0v) is 10.9. The Morgan fingerprint density at radius 1 is 1.50 bits per heavy atom. The molecule has 5 heteroatoms. The summed E-state index contributed by atoms with van der Waals surface area (Å²) < 4.78 is 0.913. The van der Waals surface area contributed by atoms with Crippen LogP contribution in [0.25, 0.3) is 0 Å². The molecular formula is C9H9BrClNOS. The second-order valence-electron chi connectivity index (χ2n) is 2.84. The molecule has 2 nitrogen and oxygen atoms in total. The summed E-state index contributed by atoms with van der Waals surface area (Å²) in [5.74, 6) is 0. The van der Waals surface area contributed by atoms with Gasteiger partial charge in [-0.3, -0.25) is 4.79 Å². The molecular weight excluding hydrogens is 286 g/mol. The van der Waals surface area contributed by atoms with E-state index in [0.29, 0.717) is 5.02 Å². The van der Waals surface area contributed by atoms with Crippen molar-refractivity contribution in [2.75, 3.05) is 14.1 Å². The highest BCUT2D eigenvalue weighted by Crippen LogP contribution is 2.31. The molecule has 0 saturated carbocycles. The lowest BCUT2D eigenvalue weighted by Crippen LogP contribution is -2.16. The molecule has 76 valence electrons. The van der Waals surface area contributed by atoms with E-state index in [2.05, 4.69) is 15.9 Å². The van der Waals surface area contributed by atoms with Gasteiger partial charge in [0.05, 0.1) is 5.02 Å². The zero-order valence-electron chi connectivity index (χ0n) is 7.75. The summed E-state index contributed by atoms with van der Waals surface area (Å²) in [4.78, 5) is 13.7. The molecule has 1 aromatic rings. The minimum Gasteiger partial charge on any atom is -0.339 e. The van der Waals surface area contributed by atoms with Crippen LogP contribution in [0.3, 0.4) is 0 Å². The summed E-state index contributed by atoms with van der Waals surface area (Å²) in [6.45, 7) is 0. The Balaban J connectivity index is 2.86. The van der Waals surface area contributed by atoms with Crippen molar-refractivity contribution in [3.8, 4) is 0 Å². The van der Waals surface area contributed by atoms with Crippen molar-refractivity contribution >= 4 is 44.5 Å². The minimum absolute atomic E-state index is 0.0370. The summed E-state index contributed by atoms with van der Waals surface area (Å²) >= 11 is 10.4. The van der Waals surface area contributed by atoms with E-state index in [1.54, 1.807) is 20.2 Å². The van der Waals surface area contributed by atoms with Crippen molar-refractivity contribution in [3.05, 3.63) is 27.7 Å². The molecule has 0 aliphatic rings. The molecule has 1 rings (SSSR count). The number of thioether (sulfide) groups is 1. The van der Waals surface area contributed by atoms with Gasteiger partial charge in [0.1, 0.15) is 0 Å². The van der Waals surface area contributed by atoms with Gasteiger partial charge >= 0.3 is 0 Å². The van der Waals surface area contributed by atoms with Gasteiger partial charge in [0.15, 0.2) is 0 Å². The first-order valence-corrected chi connectivity index (χ1v) is 5.83. The molecule has 0 heterocycles. The molecule has 1 amide bonds. The lowest BCUT2D eigenvalue weighted by Gasteiger charge is -2.10. The smallest absolute Gasteiger partial charge is 0.285 e. The van der Waals surface area contributed by atoms with Gasteiger partial charge < -0.3 is 4.90 Å². The number of benzene rings is 1. The molecule has 0 unspecified atom stereocenters. The Morgan fingerprint density at radius 3 is 2.71 bits per heavy atom. The van der Waals surface area contributed by atoms with Crippen LogP contribution < -0.4 is 0 Å². The van der Waals surface area contributed by atoms with Crippen LogP contribution in [-0.2, 0) is 0 Å². The fourth-order valence-corrected chi connectivity index (χ4v) is 2.21. The van der Waals surface area contributed by atoms with E-state index in [-0.39, 0.29) is 5.24 Å². The van der Waals surface area contributed by atoms with Crippen molar-refractivity contribution in [1.82, 2.24) is 4.90 Å². The van der Waals surface area contributed by atoms with Crippen molar-refractivity contribution in [2.24, 2.45) is 0 Å². The number of amides is 1. The topological polar surface area (TPSA) is 20.3 Å². The Kier molecular flexibility index (Phi) is 4.29. The first-order chi connectivity index (χ1) is 6.50. The fourth-order valence-electron chi connectivity index (χ4n) is 0.741. The van der Waals surface area contributed by atoms with Gasteiger partial charge in [0.2, 0.25) is 0 Å². The molecule has 0 bridgehead atoms. The van der Waals surface area contributed by atoms with E-state index < -0.39 is 0 Å². The van der Waals surface area contributed by atoms with E-state index in [0.717, 1.165) is 21.1 Å². The van der Waals surface area contributed by atoms with Gasteiger partial charge in [-0.15, -0.1) is 0 Å². The highest BCUT2D eigenvalue weighted by Gasteiger charge is 2.09. The Labute approximate surface area is 101 Å². The average molecular weight is 295 g/mol. The summed E-state index contributed by atoms with van der Waals surface area (Å²) in [6.07, 6.45) is 0. The van der Waals surface area contributed by atoms with E-state index >= 15 is 0 Å². The first kappa shape index (κ1) is 11.9. The van der Waals surface area contributed by atoms with Gasteiger partial charge in [-0.25, -0.2) is 0 Å². The maximum absolute atomic E-state index is 11.4. The molecule has 14 heavy (non-hydrogen) atoms. The van der Waals surface area contributed by atoms with Crippen LogP contribution in [0, 0.1) is 0 Å². The quantitative estimate of drug-likeness (QED) is 0.733. The third-order valence-electron chi connectivity index (χ3n) is 1.46. The Morgan fingerprint density at radius 2 is 2.14 bits per heavy atom. The SMILES string of the molecule is CN(C)C(=O)Sc1cc(Br)ccc1Cl. The number of carbonyl (C=O) groups excluding carboxylic acids is 1. The van der Waals surface area contributed by atoms with Gasteiger partial charge in [0, 0.05) is 23.5 Å². The number of hydrogen-bond donors (Lipinski definition) is 0. The molecule has 1 aromatic carbocycles. The number of nitrogens with zero attached hydrogens (tertiary/aromatic N) is 1. The lowest BCUT2D eigenvalue weighted by molar-refractivity contribution is 0.241. The number of rotatable bonds is 1. The standard InChI is InChI=1S/C9H9BrClNOS/c1-12(2)9(13)14-8-5-6(10)3-4-7(8)11/h3-5H,1-2H3. The van der Waals surface area contributed by atoms with Gasteiger partial charge in [-0.2, -0.15) is 0 Å². The van der Waals surface area contributed by atoms with Crippen LogP contribution in [0.2, 0.25) is 5.02 Å². The molecule has 0 spiro atoms. The van der Waals surface area contributed by atoms with Crippen molar-refractivity contribution < 1.29 is 4.79 Å². The first-order valence-electron chi connectivity index (χ1n) is 3.85. The molecule has 0 saturated heterocycles. The van der Waals surface area contributed by atoms with E-state index in [1.165, 1.54) is 4.90 Å². The van der Waals surface area contributed by atoms with Crippen LogP contribution in [0.1, 0.15) is 0 Å². The predicted octanol–water partition coefficient (Wildman–Crippen LogP) is 3.88. The third-order valence-corrected chi connectivity index (χ3v) is 3.49. The van der Waals surface area contributed by atoms with Crippen LogP contribution >= 0.6 is 39.3 Å². The van der Waals surface area contributed by atoms with Crippen molar-refractivity contribution in [3.63, 3.8) is 0 Å². The van der Waals surface area contributed by atoms with E-state index in [4.69, 9.17) is 11.6 Å². The molecule has 0 fully saturated rings. The molecule has 0 radical (unpaired) electrons. The van der Waals surface area contributed by atoms with Gasteiger partial charge in [-0.05, 0) is 30.0 Å². The maximum Gasteiger partial charge on any atom is 0.285 e. The Hall–Kier alpha value is -0.190. The van der Waals surface area contributed by atoms with Crippen LogP contribution in [0.4, 0.5) is 4.79 Å². The van der Waals surface area contributed by atoms with Crippen LogP contribution in [-0.4, -0.2) is 24.2 Å². The molecule has 0 atom stereocenters. The molecule has 0 aliphatic heterocycles. The lowest BCUT2D eigenvalue weighted by atomic mass is 10.4. The van der Waals surface area contributed by atoms with Crippen LogP contribution in [0.15, 0.2) is 27.6 Å². The summed E-state index contributed by atoms with van der Waals surface area (Å²) in [5, 5.41) is 0.554. The van der Waals surface area contributed by atoms with Gasteiger partial charge in [0.25, 0.3) is 5.24 Å². The predicted molar refractivity (Wildman–Crippen MR) is 64.1 cm³/mol. The van der Waals surface area contributed by atoms with E-state index in [1.807, 2.05) is 12.1 Å². The molecule has 0 N–H and O–H groups in total. The Bertz CT molecular complexity index is 357. The fraction of sp³-hybridized carbons (Fsp3) is 0.222. The number of carbonyl (C=O) groups is 1. The number of halogens is 2. The normalized spacial score (nSPS) is 10.0. The molecule has 0 aromatic heterocycles. The van der Waals surface area contributed by atoms with E-state index in [9.17, 15) is 4.79 Å². The van der Waals surface area contributed by atoms with Crippen molar-refractivity contribution in [1.29, 1.82) is 0 Å². The second-order valence-corrected chi connectivity index (χ2v) is 5.15. The molecule has 0 aliphatic carbocycles. The highest BCUT2D eigenvalue weighted by molar-refractivity contribution is 9.10.